The fourth-order valence-corrected chi connectivity index (χ4v) is 4.32. The monoisotopic (exact) mass is 476 g/mol. The van der Waals surface area contributed by atoms with Gasteiger partial charge in [0, 0.05) is 35.8 Å². The first-order valence-electron chi connectivity index (χ1n) is 11.4. The number of nitrogens with one attached hydrogen (secondary N) is 2. The van der Waals surface area contributed by atoms with Crippen LogP contribution in [0.4, 0.5) is 4.79 Å². The summed E-state index contributed by atoms with van der Waals surface area (Å²) in [7, 11) is 0. The molecule has 4 heterocycles. The molecule has 2 saturated heterocycles. The van der Waals surface area contributed by atoms with Gasteiger partial charge in [-0.2, -0.15) is 0 Å². The molecule has 0 radical (unpaired) electrons. The molecule has 35 heavy (non-hydrogen) atoms. The van der Waals surface area contributed by atoms with Gasteiger partial charge in [0.1, 0.15) is 17.9 Å². The van der Waals surface area contributed by atoms with E-state index in [9.17, 15) is 19.2 Å². The topological polar surface area (TPSA) is 123 Å². The van der Waals surface area contributed by atoms with Crippen LogP contribution in [-0.2, 0) is 32.2 Å². The fraction of sp³-hybridized carbons (Fsp3) is 0.280. The van der Waals surface area contributed by atoms with E-state index in [4.69, 9.17) is 9.15 Å². The van der Waals surface area contributed by atoms with Crippen LogP contribution in [0.3, 0.4) is 0 Å². The first kappa shape index (κ1) is 22.6. The number of nitrogens with zero attached hydrogens (tertiary/aromatic N) is 2. The third-order valence-corrected chi connectivity index (χ3v) is 6.06. The highest BCUT2D eigenvalue weighted by atomic mass is 16.5. The van der Waals surface area contributed by atoms with E-state index < -0.39 is 17.8 Å². The molecule has 1 aromatic carbocycles. The van der Waals surface area contributed by atoms with E-state index in [0.717, 1.165) is 35.3 Å². The summed E-state index contributed by atoms with van der Waals surface area (Å²) in [6, 6.07) is 9.87. The molecule has 10 heteroatoms. The van der Waals surface area contributed by atoms with Gasteiger partial charge in [-0.15, -0.1) is 0 Å². The van der Waals surface area contributed by atoms with Crippen molar-refractivity contribution >= 4 is 40.7 Å². The van der Waals surface area contributed by atoms with Gasteiger partial charge in [0.15, 0.2) is 0 Å². The number of hydrogen-bond acceptors (Lipinski definition) is 6. The number of hydrogen-bond donors (Lipinski definition) is 2. The molecule has 2 N–H and O–H groups in total. The molecule has 0 bridgehead atoms. The number of carbonyl (C=O) groups excluding carboxylic acids is 4. The van der Waals surface area contributed by atoms with Crippen LogP contribution in [0.5, 0.6) is 0 Å². The Balaban J connectivity index is 1.40. The number of fused-ring (bicyclic) bond motifs is 1. The fourth-order valence-electron chi connectivity index (χ4n) is 4.32. The third-order valence-electron chi connectivity index (χ3n) is 6.06. The number of carbonyl (C=O) groups is 4. The molecule has 2 aliphatic heterocycles. The van der Waals surface area contributed by atoms with Crippen molar-refractivity contribution in [3.05, 3.63) is 65.8 Å². The number of furan rings is 1. The summed E-state index contributed by atoms with van der Waals surface area (Å²) in [5, 5.41) is 5.88. The molecule has 0 saturated carbocycles. The number of benzene rings is 1. The first-order chi connectivity index (χ1) is 17.0. The van der Waals surface area contributed by atoms with Crippen LogP contribution in [0.1, 0.15) is 24.2 Å². The van der Waals surface area contributed by atoms with Crippen molar-refractivity contribution in [3.8, 4) is 0 Å². The smallest absolute Gasteiger partial charge is 0.331 e. The summed E-state index contributed by atoms with van der Waals surface area (Å²) < 4.78 is 12.6. The Labute approximate surface area is 200 Å². The molecule has 5 amide bonds. The first-order valence-corrected chi connectivity index (χ1v) is 11.4. The van der Waals surface area contributed by atoms with E-state index in [-0.39, 0.29) is 30.7 Å². The van der Waals surface area contributed by atoms with Crippen molar-refractivity contribution in [2.75, 3.05) is 13.2 Å². The number of imide groups is 2. The Morgan fingerprint density at radius 2 is 2.03 bits per heavy atom. The van der Waals surface area contributed by atoms with E-state index >= 15 is 0 Å². The van der Waals surface area contributed by atoms with Crippen molar-refractivity contribution in [1.82, 2.24) is 20.1 Å². The highest BCUT2D eigenvalue weighted by Crippen LogP contribution is 2.25. The van der Waals surface area contributed by atoms with Gasteiger partial charge < -0.3 is 19.0 Å². The minimum Gasteiger partial charge on any atom is -0.467 e. The van der Waals surface area contributed by atoms with Gasteiger partial charge in [-0.1, -0.05) is 18.2 Å². The average molecular weight is 476 g/mol. The lowest BCUT2D eigenvalue weighted by Crippen LogP contribution is -2.53. The normalized spacial score (nSPS) is 19.5. The van der Waals surface area contributed by atoms with Crippen LogP contribution in [0.15, 0.2) is 58.8 Å². The zero-order chi connectivity index (χ0) is 24.4. The van der Waals surface area contributed by atoms with Gasteiger partial charge >= 0.3 is 6.03 Å². The SMILES string of the molecule is O=C(Cn1cc(C=C2C(=O)NC(=O)N(Cc3ccco3)C2=O)c2ccccc21)NCC1CCCO1. The quantitative estimate of drug-likeness (QED) is 0.398. The largest absolute Gasteiger partial charge is 0.467 e. The summed E-state index contributed by atoms with van der Waals surface area (Å²) in [5.74, 6) is -1.25. The maximum absolute atomic E-state index is 13.1. The second kappa shape index (κ2) is 9.59. The number of ether oxygens (including phenoxy) is 1. The van der Waals surface area contributed by atoms with E-state index in [1.54, 1.807) is 22.9 Å². The number of para-hydroxylation sites is 1. The minimum atomic E-state index is -0.807. The summed E-state index contributed by atoms with van der Waals surface area (Å²) in [6.45, 7) is 1.15. The van der Waals surface area contributed by atoms with E-state index in [1.165, 1.54) is 12.3 Å². The molecular formula is C25H24N4O6. The number of rotatable bonds is 7. The lowest BCUT2D eigenvalue weighted by molar-refractivity contribution is -0.130. The second-order valence-corrected chi connectivity index (χ2v) is 8.46. The third kappa shape index (κ3) is 4.73. The van der Waals surface area contributed by atoms with Gasteiger partial charge in [0.2, 0.25) is 5.91 Å². The highest BCUT2D eigenvalue weighted by molar-refractivity contribution is 6.31. The van der Waals surface area contributed by atoms with Crippen LogP contribution >= 0.6 is 0 Å². The Morgan fingerprint density at radius 1 is 1.17 bits per heavy atom. The van der Waals surface area contributed by atoms with Gasteiger partial charge in [-0.05, 0) is 37.1 Å². The minimum absolute atomic E-state index is 0.0447. The molecule has 3 aromatic rings. The zero-order valence-electron chi connectivity index (χ0n) is 18.9. The van der Waals surface area contributed by atoms with Crippen LogP contribution < -0.4 is 10.6 Å². The molecule has 2 aliphatic rings. The van der Waals surface area contributed by atoms with Crippen LogP contribution in [-0.4, -0.2) is 52.5 Å². The molecule has 5 rings (SSSR count). The zero-order valence-corrected chi connectivity index (χ0v) is 18.9. The lowest BCUT2D eigenvalue weighted by Gasteiger charge is -2.25. The number of amides is 5. The molecular weight excluding hydrogens is 452 g/mol. The molecule has 10 nitrogen and oxygen atoms in total. The summed E-state index contributed by atoms with van der Waals surface area (Å²) >= 11 is 0. The predicted octanol–water partition coefficient (Wildman–Crippen LogP) is 2.19. The molecule has 0 aliphatic carbocycles. The summed E-state index contributed by atoms with van der Waals surface area (Å²) in [6.07, 6.45) is 6.58. The Bertz CT molecular complexity index is 1320. The van der Waals surface area contributed by atoms with E-state index in [2.05, 4.69) is 10.6 Å². The molecule has 1 atom stereocenters. The van der Waals surface area contributed by atoms with Gasteiger partial charge in [0.25, 0.3) is 11.8 Å². The maximum Gasteiger partial charge on any atom is 0.331 e. The number of urea groups is 1. The molecule has 2 fully saturated rings. The van der Waals surface area contributed by atoms with Gasteiger partial charge in [-0.25, -0.2) is 4.79 Å². The number of aromatic nitrogens is 1. The Kier molecular flexibility index (Phi) is 6.19. The van der Waals surface area contributed by atoms with Gasteiger partial charge in [-0.3, -0.25) is 24.6 Å². The van der Waals surface area contributed by atoms with Crippen molar-refractivity contribution < 1.29 is 28.3 Å². The van der Waals surface area contributed by atoms with Crippen LogP contribution in [0, 0.1) is 0 Å². The second-order valence-electron chi connectivity index (χ2n) is 8.46. The van der Waals surface area contributed by atoms with E-state index in [1.807, 2.05) is 24.3 Å². The van der Waals surface area contributed by atoms with Crippen LogP contribution in [0.25, 0.3) is 17.0 Å². The van der Waals surface area contributed by atoms with Crippen LogP contribution in [0.2, 0.25) is 0 Å². The van der Waals surface area contributed by atoms with Gasteiger partial charge in [0.05, 0.1) is 18.9 Å². The predicted molar refractivity (Wildman–Crippen MR) is 125 cm³/mol. The highest BCUT2D eigenvalue weighted by Gasteiger charge is 2.36. The van der Waals surface area contributed by atoms with Crippen molar-refractivity contribution in [3.63, 3.8) is 0 Å². The van der Waals surface area contributed by atoms with Crippen molar-refractivity contribution in [2.45, 2.75) is 32.0 Å². The molecule has 1 unspecified atom stereocenters. The summed E-state index contributed by atoms with van der Waals surface area (Å²) in [4.78, 5) is 51.4. The maximum atomic E-state index is 13.1. The summed E-state index contributed by atoms with van der Waals surface area (Å²) in [5.41, 5.74) is 1.18. The van der Waals surface area contributed by atoms with Crippen molar-refractivity contribution in [1.29, 1.82) is 0 Å². The number of barbiturate groups is 1. The Morgan fingerprint density at radius 3 is 2.80 bits per heavy atom. The molecule has 0 spiro atoms. The Hall–Kier alpha value is -4.18. The average Bonchev–Trinajstić information content (AvgIpc) is 3.61. The standard InChI is InChI=1S/C25H24N4O6/c30-22(26-12-17-5-3-9-34-17)15-28-13-16(19-7-1-2-8-21(19)28)11-20-23(31)27-25(33)29(24(20)32)14-18-6-4-10-35-18/h1-2,4,6-8,10-11,13,17H,3,5,9,12,14-15H2,(H,26,30)(H,27,31,33). The van der Waals surface area contributed by atoms with E-state index in [0.29, 0.717) is 17.9 Å². The van der Waals surface area contributed by atoms with Crippen molar-refractivity contribution in [2.24, 2.45) is 0 Å². The lowest BCUT2D eigenvalue weighted by atomic mass is 10.1. The molecule has 180 valence electrons. The molecule has 2 aromatic heterocycles.